The van der Waals surface area contributed by atoms with Crippen LogP contribution < -0.4 is 9.80 Å². The topological polar surface area (TPSA) is 40.6 Å². The third-order valence-electron chi connectivity index (χ3n) is 4.83. The molecule has 160 valence electrons. The lowest BCUT2D eigenvalue weighted by Crippen LogP contribution is -2.53. The number of hydrogen-bond donors (Lipinski definition) is 0. The van der Waals surface area contributed by atoms with Crippen molar-refractivity contribution in [1.82, 2.24) is 0 Å². The number of alkyl halides is 6. The van der Waals surface area contributed by atoms with Crippen LogP contribution in [0.2, 0.25) is 0 Å². The molecule has 0 aliphatic carbocycles. The molecule has 2 atom stereocenters. The quantitative estimate of drug-likeness (QED) is 0.629. The van der Waals surface area contributed by atoms with Crippen molar-refractivity contribution >= 4 is 23.2 Å². The van der Waals surface area contributed by atoms with Crippen LogP contribution in [0.25, 0.3) is 0 Å². The van der Waals surface area contributed by atoms with Crippen LogP contribution in [0.5, 0.6) is 0 Å². The fraction of sp³-hybridized carbons (Fsp3) is 0.300. The molecular formula is C20H16F6N2O2. The van der Waals surface area contributed by atoms with Crippen molar-refractivity contribution in [3.05, 3.63) is 60.2 Å². The highest BCUT2D eigenvalue weighted by molar-refractivity contribution is 6.01. The van der Waals surface area contributed by atoms with Crippen LogP contribution >= 0.6 is 0 Å². The van der Waals surface area contributed by atoms with Crippen LogP contribution in [0.1, 0.15) is 24.9 Å². The number of benzene rings is 2. The predicted octanol–water partition coefficient (Wildman–Crippen LogP) is 5.01. The first-order valence-corrected chi connectivity index (χ1v) is 8.87. The number of anilines is 2. The zero-order valence-electron chi connectivity index (χ0n) is 15.5. The molecule has 0 saturated carbocycles. The molecule has 1 aliphatic rings. The van der Waals surface area contributed by atoms with Gasteiger partial charge in [0.2, 0.25) is 0 Å². The van der Waals surface area contributed by atoms with E-state index in [4.69, 9.17) is 0 Å². The third kappa shape index (κ3) is 3.99. The molecule has 2 amide bonds. The summed E-state index contributed by atoms with van der Waals surface area (Å²) in [5, 5.41) is 0. The van der Waals surface area contributed by atoms with Crippen LogP contribution in [0.4, 0.5) is 37.7 Å². The first kappa shape index (κ1) is 21.7. The number of carbonyl (C=O) groups is 2. The second kappa shape index (κ2) is 7.66. The van der Waals surface area contributed by atoms with E-state index in [-0.39, 0.29) is 23.4 Å². The number of fused-ring (bicyclic) bond motifs is 1. The van der Waals surface area contributed by atoms with Gasteiger partial charge in [-0.25, -0.2) is 0 Å². The molecular weight excluding hydrogens is 414 g/mol. The number of nitrogens with zero attached hydrogens (tertiary/aromatic N) is 2. The Kier molecular flexibility index (Phi) is 5.53. The minimum atomic E-state index is -5.20. The van der Waals surface area contributed by atoms with Gasteiger partial charge >= 0.3 is 24.2 Å². The molecule has 0 radical (unpaired) electrons. The van der Waals surface area contributed by atoms with Gasteiger partial charge in [-0.15, -0.1) is 0 Å². The standard InChI is InChI=1S/C20H16F6N2O2/c1-12-11-16(28(18(30)20(24,25)26)13-7-3-2-4-8-13)14-9-5-6-10-15(14)27(12)17(29)19(21,22)23/h2-10,12,16H,11H2,1H3/t12-,16-/m1/s1. The molecule has 1 heterocycles. The molecule has 0 saturated heterocycles. The molecule has 0 bridgehead atoms. The maximum Gasteiger partial charge on any atom is 0.471 e. The Labute approximate surface area is 167 Å². The summed E-state index contributed by atoms with van der Waals surface area (Å²) >= 11 is 0. The van der Waals surface area contributed by atoms with Crippen molar-refractivity contribution in [3.63, 3.8) is 0 Å². The first-order chi connectivity index (χ1) is 13.9. The van der Waals surface area contributed by atoms with Gasteiger partial charge in [0.15, 0.2) is 0 Å². The largest absolute Gasteiger partial charge is 0.471 e. The molecule has 0 aromatic heterocycles. The SMILES string of the molecule is C[C@@H]1C[C@@H](N(C(=O)C(F)(F)F)c2ccccc2)c2ccccc2N1C(=O)C(F)(F)F. The second-order valence-electron chi connectivity index (χ2n) is 6.84. The van der Waals surface area contributed by atoms with Crippen molar-refractivity contribution in [3.8, 4) is 0 Å². The molecule has 30 heavy (non-hydrogen) atoms. The normalized spacial score (nSPS) is 19.2. The van der Waals surface area contributed by atoms with Crippen LogP contribution in [-0.2, 0) is 9.59 Å². The van der Waals surface area contributed by atoms with Crippen LogP contribution in [0, 0.1) is 0 Å². The molecule has 0 fully saturated rings. The first-order valence-electron chi connectivity index (χ1n) is 8.87. The second-order valence-corrected chi connectivity index (χ2v) is 6.84. The van der Waals surface area contributed by atoms with Crippen molar-refractivity contribution in [2.75, 3.05) is 9.80 Å². The van der Waals surface area contributed by atoms with E-state index in [1.54, 1.807) is 6.07 Å². The van der Waals surface area contributed by atoms with Gasteiger partial charge in [-0.1, -0.05) is 36.4 Å². The number of hydrogen-bond acceptors (Lipinski definition) is 2. The summed E-state index contributed by atoms with van der Waals surface area (Å²) < 4.78 is 79.4. The van der Waals surface area contributed by atoms with Crippen molar-refractivity contribution in [2.45, 2.75) is 37.8 Å². The van der Waals surface area contributed by atoms with E-state index < -0.39 is 36.3 Å². The van der Waals surface area contributed by atoms with E-state index in [2.05, 4.69) is 0 Å². The van der Waals surface area contributed by atoms with Crippen molar-refractivity contribution < 1.29 is 35.9 Å². The maximum atomic E-state index is 13.4. The highest BCUT2D eigenvalue weighted by Crippen LogP contribution is 2.44. The molecule has 0 unspecified atom stereocenters. The van der Waals surface area contributed by atoms with Gasteiger partial charge < -0.3 is 4.90 Å². The predicted molar refractivity (Wildman–Crippen MR) is 96.8 cm³/mol. The average molecular weight is 430 g/mol. The van der Waals surface area contributed by atoms with E-state index in [1.807, 2.05) is 0 Å². The van der Waals surface area contributed by atoms with Crippen LogP contribution in [-0.4, -0.2) is 30.2 Å². The molecule has 2 aromatic carbocycles. The summed E-state index contributed by atoms with van der Waals surface area (Å²) in [4.78, 5) is 25.3. The fourth-order valence-corrected chi connectivity index (χ4v) is 3.64. The van der Waals surface area contributed by atoms with Gasteiger partial charge in [-0.2, -0.15) is 26.3 Å². The monoisotopic (exact) mass is 430 g/mol. The Hall–Kier alpha value is -3.04. The molecule has 2 aromatic rings. The summed E-state index contributed by atoms with van der Waals surface area (Å²) in [6.45, 7) is 1.30. The molecule has 10 heteroatoms. The smallest absolute Gasteiger partial charge is 0.301 e. The average Bonchev–Trinajstić information content (AvgIpc) is 2.67. The van der Waals surface area contributed by atoms with E-state index in [1.165, 1.54) is 55.5 Å². The minimum Gasteiger partial charge on any atom is -0.301 e. The Morgan fingerprint density at radius 1 is 0.900 bits per heavy atom. The van der Waals surface area contributed by atoms with Gasteiger partial charge in [0, 0.05) is 17.4 Å². The van der Waals surface area contributed by atoms with E-state index in [0.29, 0.717) is 9.80 Å². The third-order valence-corrected chi connectivity index (χ3v) is 4.83. The van der Waals surface area contributed by atoms with Gasteiger partial charge in [-0.3, -0.25) is 14.5 Å². The number of carbonyl (C=O) groups excluding carboxylic acids is 2. The molecule has 0 spiro atoms. The van der Waals surface area contributed by atoms with E-state index >= 15 is 0 Å². The lowest BCUT2D eigenvalue weighted by atomic mass is 9.89. The zero-order valence-corrected chi connectivity index (χ0v) is 15.5. The van der Waals surface area contributed by atoms with Gasteiger partial charge in [0.05, 0.1) is 6.04 Å². The zero-order chi connectivity index (χ0) is 22.3. The van der Waals surface area contributed by atoms with Crippen LogP contribution in [0.15, 0.2) is 54.6 Å². The summed E-state index contributed by atoms with van der Waals surface area (Å²) in [5.74, 6) is -4.26. The Balaban J connectivity index is 2.16. The van der Waals surface area contributed by atoms with Gasteiger partial charge in [0.1, 0.15) is 0 Å². The van der Waals surface area contributed by atoms with Crippen LogP contribution in [0.3, 0.4) is 0 Å². The summed E-state index contributed by atoms with van der Waals surface area (Å²) in [6.07, 6.45) is -10.7. The van der Waals surface area contributed by atoms with Gasteiger partial charge in [0.25, 0.3) is 0 Å². The number of amides is 2. The van der Waals surface area contributed by atoms with E-state index in [9.17, 15) is 35.9 Å². The summed E-state index contributed by atoms with van der Waals surface area (Å²) in [5.41, 5.74) is -0.212. The highest BCUT2D eigenvalue weighted by Gasteiger charge is 2.51. The number of halogens is 6. The van der Waals surface area contributed by atoms with Gasteiger partial charge in [-0.05, 0) is 37.1 Å². The Morgan fingerprint density at radius 3 is 2.03 bits per heavy atom. The minimum absolute atomic E-state index is 0.0228. The Morgan fingerprint density at radius 2 is 1.47 bits per heavy atom. The summed E-state index contributed by atoms with van der Waals surface area (Å²) in [6, 6.07) is 10.1. The Bertz CT molecular complexity index is 942. The lowest BCUT2D eigenvalue weighted by molar-refractivity contribution is -0.171. The van der Waals surface area contributed by atoms with Crippen molar-refractivity contribution in [2.24, 2.45) is 0 Å². The number of para-hydroxylation sites is 2. The number of rotatable bonds is 2. The fourth-order valence-electron chi connectivity index (χ4n) is 3.64. The molecule has 1 aliphatic heterocycles. The van der Waals surface area contributed by atoms with Crippen molar-refractivity contribution in [1.29, 1.82) is 0 Å². The summed E-state index contributed by atoms with van der Waals surface area (Å²) in [7, 11) is 0. The highest BCUT2D eigenvalue weighted by atomic mass is 19.4. The maximum absolute atomic E-state index is 13.4. The molecule has 4 nitrogen and oxygen atoms in total. The molecule has 3 rings (SSSR count). The lowest BCUT2D eigenvalue weighted by Gasteiger charge is -2.43. The molecule has 0 N–H and O–H groups in total. The van der Waals surface area contributed by atoms with E-state index in [0.717, 1.165) is 0 Å².